The van der Waals surface area contributed by atoms with Crippen LogP contribution in [0.15, 0.2) is 48.5 Å². The van der Waals surface area contributed by atoms with Crippen LogP contribution >= 0.6 is 11.6 Å². The van der Waals surface area contributed by atoms with Gasteiger partial charge in [-0.25, -0.2) is 8.78 Å². The Labute approximate surface area is 212 Å². The first-order valence-electron chi connectivity index (χ1n) is 11.6. The summed E-state index contributed by atoms with van der Waals surface area (Å²) in [5.74, 6) is -2.06. The van der Waals surface area contributed by atoms with Crippen LogP contribution in [0, 0.1) is 17.6 Å². The minimum absolute atomic E-state index is 0.0143. The molecule has 4 rings (SSSR count). The minimum Gasteiger partial charge on any atom is -0.494 e. The SMILES string of the molecule is O=C(O)C[C@@H](c1ccc(Cl)c(F)c1)N(Cc1ccc(OCCn2c(O)ccc2O)c(F)c1)CC1CC1. The third-order valence-corrected chi connectivity index (χ3v) is 6.52. The Balaban J connectivity index is 1.49. The normalized spacial score (nSPS) is 14.2. The van der Waals surface area contributed by atoms with E-state index in [9.17, 15) is 28.9 Å². The molecular weight excluding hydrogens is 494 g/mol. The number of ether oxygens (including phenoxy) is 1. The number of halogens is 3. The molecule has 1 saturated carbocycles. The summed E-state index contributed by atoms with van der Waals surface area (Å²) in [4.78, 5) is 13.6. The molecule has 1 atom stereocenters. The summed E-state index contributed by atoms with van der Waals surface area (Å²) in [5, 5.41) is 28.9. The summed E-state index contributed by atoms with van der Waals surface area (Å²) in [6.07, 6.45) is 1.81. The van der Waals surface area contributed by atoms with Crippen LogP contribution in [0.2, 0.25) is 5.02 Å². The predicted molar refractivity (Wildman–Crippen MR) is 129 cm³/mol. The van der Waals surface area contributed by atoms with Gasteiger partial charge in [0.15, 0.2) is 23.3 Å². The number of hydrogen-bond acceptors (Lipinski definition) is 5. The molecule has 1 heterocycles. The molecule has 1 aliphatic carbocycles. The zero-order valence-corrected chi connectivity index (χ0v) is 20.2. The Morgan fingerprint density at radius 2 is 1.81 bits per heavy atom. The molecule has 2 aromatic carbocycles. The number of aromatic nitrogens is 1. The molecule has 1 aliphatic rings. The van der Waals surface area contributed by atoms with Crippen molar-refractivity contribution in [1.29, 1.82) is 0 Å². The van der Waals surface area contributed by atoms with Crippen LogP contribution in [0.4, 0.5) is 8.78 Å². The second-order valence-electron chi connectivity index (χ2n) is 8.97. The Kier molecular flexibility index (Phi) is 8.01. The van der Waals surface area contributed by atoms with Crippen LogP contribution in [0.1, 0.15) is 36.4 Å². The second kappa shape index (κ2) is 11.2. The van der Waals surface area contributed by atoms with Gasteiger partial charge in [-0.3, -0.25) is 14.3 Å². The number of benzene rings is 2. The minimum atomic E-state index is -1.02. The fraction of sp³-hybridized carbons (Fsp3) is 0.346. The maximum atomic E-state index is 14.8. The Hall–Kier alpha value is -3.30. The van der Waals surface area contributed by atoms with E-state index in [-0.39, 0.29) is 48.6 Å². The molecule has 0 saturated heterocycles. The monoisotopic (exact) mass is 520 g/mol. The highest BCUT2D eigenvalue weighted by Gasteiger charge is 2.31. The van der Waals surface area contributed by atoms with Crippen molar-refractivity contribution in [3.05, 3.63) is 76.3 Å². The quantitative estimate of drug-likeness (QED) is 0.298. The van der Waals surface area contributed by atoms with Gasteiger partial charge in [0, 0.05) is 31.3 Å². The van der Waals surface area contributed by atoms with E-state index < -0.39 is 23.6 Å². The molecule has 1 aromatic heterocycles. The van der Waals surface area contributed by atoms with Crippen molar-refractivity contribution < 1.29 is 33.6 Å². The number of carboxylic acid groups (broad SMARTS) is 1. The van der Waals surface area contributed by atoms with Gasteiger partial charge >= 0.3 is 5.97 Å². The standard InChI is InChI=1S/C26H27ClF2N2O5/c27-19-5-4-18(12-20(19)28)22(13-26(34)35)30(14-16-1-2-16)15-17-3-6-23(21(29)11-17)36-10-9-31-24(32)7-8-25(31)33/h3-8,11-12,16,22,32-33H,1-2,9-10,13-15H2,(H,34,35)/t22-/m0/s1. The van der Waals surface area contributed by atoms with E-state index in [0.29, 0.717) is 23.6 Å². The molecule has 7 nitrogen and oxygen atoms in total. The first-order chi connectivity index (χ1) is 17.2. The average molecular weight is 521 g/mol. The molecule has 0 spiro atoms. The summed E-state index contributed by atoms with van der Waals surface area (Å²) < 4.78 is 35.7. The van der Waals surface area contributed by atoms with Crippen molar-refractivity contribution >= 4 is 17.6 Å². The molecular formula is C26H27ClF2N2O5. The zero-order chi connectivity index (χ0) is 25.8. The lowest BCUT2D eigenvalue weighted by Crippen LogP contribution is -2.32. The molecule has 3 aromatic rings. The van der Waals surface area contributed by atoms with E-state index in [2.05, 4.69) is 0 Å². The van der Waals surface area contributed by atoms with E-state index in [1.54, 1.807) is 12.1 Å². The lowest BCUT2D eigenvalue weighted by Gasteiger charge is -2.31. The largest absolute Gasteiger partial charge is 0.494 e. The number of carbonyl (C=O) groups is 1. The number of nitrogens with zero attached hydrogens (tertiary/aromatic N) is 2. The van der Waals surface area contributed by atoms with E-state index in [1.165, 1.54) is 41.0 Å². The molecule has 36 heavy (non-hydrogen) atoms. The third-order valence-electron chi connectivity index (χ3n) is 6.22. The van der Waals surface area contributed by atoms with E-state index in [4.69, 9.17) is 16.3 Å². The van der Waals surface area contributed by atoms with Gasteiger partial charge < -0.3 is 20.1 Å². The van der Waals surface area contributed by atoms with E-state index >= 15 is 0 Å². The van der Waals surface area contributed by atoms with Gasteiger partial charge in [0.1, 0.15) is 12.4 Å². The Bertz CT molecular complexity index is 1210. The maximum Gasteiger partial charge on any atom is 0.305 e. The summed E-state index contributed by atoms with van der Waals surface area (Å²) in [6, 6.07) is 10.9. The van der Waals surface area contributed by atoms with Crippen molar-refractivity contribution in [1.82, 2.24) is 9.47 Å². The Morgan fingerprint density at radius 1 is 1.08 bits per heavy atom. The molecule has 3 N–H and O–H groups in total. The smallest absolute Gasteiger partial charge is 0.305 e. The molecule has 0 aliphatic heterocycles. The molecule has 10 heteroatoms. The van der Waals surface area contributed by atoms with Crippen LogP contribution in [0.5, 0.6) is 17.5 Å². The zero-order valence-electron chi connectivity index (χ0n) is 19.4. The topological polar surface area (TPSA) is 95.2 Å². The number of rotatable bonds is 12. The highest BCUT2D eigenvalue weighted by atomic mass is 35.5. The van der Waals surface area contributed by atoms with Crippen LogP contribution in [0.3, 0.4) is 0 Å². The molecule has 1 fully saturated rings. The Morgan fingerprint density at radius 3 is 2.42 bits per heavy atom. The summed E-state index contributed by atoms with van der Waals surface area (Å²) >= 11 is 5.82. The number of aromatic hydroxyl groups is 2. The highest BCUT2D eigenvalue weighted by molar-refractivity contribution is 6.30. The average Bonchev–Trinajstić information content (AvgIpc) is 3.59. The van der Waals surface area contributed by atoms with Crippen LogP contribution in [0.25, 0.3) is 0 Å². The van der Waals surface area contributed by atoms with E-state index in [1.807, 2.05) is 4.90 Å². The van der Waals surface area contributed by atoms with Crippen LogP contribution in [-0.2, 0) is 17.9 Å². The van der Waals surface area contributed by atoms with Gasteiger partial charge in [-0.05, 0) is 54.2 Å². The van der Waals surface area contributed by atoms with Crippen LogP contribution < -0.4 is 4.74 Å². The van der Waals surface area contributed by atoms with Gasteiger partial charge in [0.05, 0.1) is 18.0 Å². The third kappa shape index (κ3) is 6.47. The van der Waals surface area contributed by atoms with Crippen molar-refractivity contribution in [3.8, 4) is 17.5 Å². The van der Waals surface area contributed by atoms with Gasteiger partial charge in [0.2, 0.25) is 0 Å². The second-order valence-corrected chi connectivity index (χ2v) is 9.38. The van der Waals surface area contributed by atoms with Crippen molar-refractivity contribution in [2.45, 2.75) is 38.4 Å². The van der Waals surface area contributed by atoms with Gasteiger partial charge in [-0.2, -0.15) is 0 Å². The van der Waals surface area contributed by atoms with Crippen molar-refractivity contribution in [2.24, 2.45) is 5.92 Å². The van der Waals surface area contributed by atoms with Crippen LogP contribution in [-0.4, -0.2) is 43.9 Å². The van der Waals surface area contributed by atoms with E-state index in [0.717, 1.165) is 12.8 Å². The highest BCUT2D eigenvalue weighted by Crippen LogP contribution is 2.36. The summed E-state index contributed by atoms with van der Waals surface area (Å²) in [6.45, 7) is 1.01. The molecule has 0 radical (unpaired) electrons. The van der Waals surface area contributed by atoms with Crippen molar-refractivity contribution in [2.75, 3.05) is 13.2 Å². The first kappa shape index (κ1) is 25.8. The lowest BCUT2D eigenvalue weighted by atomic mass is 10.00. The van der Waals surface area contributed by atoms with Crippen molar-refractivity contribution in [3.63, 3.8) is 0 Å². The van der Waals surface area contributed by atoms with Gasteiger partial charge in [-0.1, -0.05) is 23.7 Å². The molecule has 0 unspecified atom stereocenters. The summed E-state index contributed by atoms with van der Waals surface area (Å²) in [5.41, 5.74) is 1.11. The predicted octanol–water partition coefficient (Wildman–Crippen LogP) is 5.34. The number of aliphatic carboxylic acids is 1. The lowest BCUT2D eigenvalue weighted by molar-refractivity contribution is -0.138. The first-order valence-corrected chi connectivity index (χ1v) is 12.0. The summed E-state index contributed by atoms with van der Waals surface area (Å²) in [7, 11) is 0. The molecule has 0 bridgehead atoms. The van der Waals surface area contributed by atoms with Gasteiger partial charge in [0.25, 0.3) is 0 Å². The number of hydrogen-bond donors (Lipinski definition) is 3. The molecule has 192 valence electrons. The fourth-order valence-corrected chi connectivity index (χ4v) is 4.31. The number of carboxylic acids is 1. The maximum absolute atomic E-state index is 14.8. The fourth-order valence-electron chi connectivity index (χ4n) is 4.19. The van der Waals surface area contributed by atoms with Gasteiger partial charge in [-0.15, -0.1) is 0 Å². The molecule has 0 amide bonds.